The molecule has 0 fully saturated rings. The molecule has 1 atom stereocenters. The van der Waals surface area contributed by atoms with Crippen molar-refractivity contribution in [3.05, 3.63) is 21.9 Å². The van der Waals surface area contributed by atoms with Crippen LogP contribution in [0.3, 0.4) is 0 Å². The van der Waals surface area contributed by atoms with Crippen LogP contribution in [0.15, 0.2) is 11.4 Å². The standard InChI is InChI=1S/C14H25NOS/c1-6-9-15-13(14(4,5)16-7-2)12-11(3)8-10-17-12/h8,10,13,15H,6-7,9H2,1-5H3. The van der Waals surface area contributed by atoms with Gasteiger partial charge in [0, 0.05) is 11.5 Å². The van der Waals surface area contributed by atoms with Gasteiger partial charge in [-0.1, -0.05) is 6.92 Å². The zero-order valence-corrected chi connectivity index (χ0v) is 12.5. The second kappa shape index (κ2) is 6.53. The molecule has 0 aliphatic heterocycles. The van der Waals surface area contributed by atoms with E-state index in [0.717, 1.165) is 19.6 Å². The van der Waals surface area contributed by atoms with Crippen LogP contribution >= 0.6 is 11.3 Å². The van der Waals surface area contributed by atoms with Gasteiger partial charge in [0.15, 0.2) is 0 Å². The molecule has 1 rings (SSSR count). The number of hydrogen-bond acceptors (Lipinski definition) is 3. The van der Waals surface area contributed by atoms with Gasteiger partial charge < -0.3 is 10.1 Å². The molecule has 0 bridgehead atoms. The Morgan fingerprint density at radius 3 is 2.59 bits per heavy atom. The molecule has 2 nitrogen and oxygen atoms in total. The molecule has 0 radical (unpaired) electrons. The van der Waals surface area contributed by atoms with Crippen LogP contribution in [0.4, 0.5) is 0 Å². The molecular weight excluding hydrogens is 230 g/mol. The lowest BCUT2D eigenvalue weighted by atomic mass is 9.95. The fourth-order valence-electron chi connectivity index (χ4n) is 2.08. The topological polar surface area (TPSA) is 21.3 Å². The molecule has 0 saturated heterocycles. The fraction of sp³-hybridized carbons (Fsp3) is 0.714. The van der Waals surface area contributed by atoms with E-state index in [2.05, 4.69) is 51.4 Å². The van der Waals surface area contributed by atoms with Crippen LogP contribution in [-0.4, -0.2) is 18.8 Å². The maximum atomic E-state index is 5.91. The minimum Gasteiger partial charge on any atom is -0.374 e. The first kappa shape index (κ1) is 14.7. The average Bonchev–Trinajstić information content (AvgIpc) is 2.65. The molecule has 0 aromatic carbocycles. The summed E-state index contributed by atoms with van der Waals surface area (Å²) in [5.74, 6) is 0. The molecule has 98 valence electrons. The number of rotatable bonds is 7. The van der Waals surface area contributed by atoms with Crippen LogP contribution in [0, 0.1) is 6.92 Å². The Morgan fingerprint density at radius 1 is 1.41 bits per heavy atom. The summed E-state index contributed by atoms with van der Waals surface area (Å²) in [6.07, 6.45) is 1.14. The van der Waals surface area contributed by atoms with Crippen LogP contribution in [0.2, 0.25) is 0 Å². The van der Waals surface area contributed by atoms with Gasteiger partial charge in [-0.3, -0.25) is 0 Å². The Bertz CT molecular complexity index is 333. The van der Waals surface area contributed by atoms with Crippen LogP contribution in [0.1, 0.15) is 50.6 Å². The van der Waals surface area contributed by atoms with E-state index in [1.165, 1.54) is 10.4 Å². The number of nitrogens with one attached hydrogen (secondary N) is 1. The van der Waals surface area contributed by atoms with Crippen molar-refractivity contribution in [3.63, 3.8) is 0 Å². The summed E-state index contributed by atoms with van der Waals surface area (Å²) in [5, 5.41) is 5.78. The Balaban J connectivity index is 2.91. The highest BCUT2D eigenvalue weighted by atomic mass is 32.1. The third-order valence-electron chi connectivity index (χ3n) is 2.97. The normalized spacial score (nSPS) is 13.9. The van der Waals surface area contributed by atoms with E-state index in [1.807, 2.05) is 11.3 Å². The molecule has 0 amide bonds. The van der Waals surface area contributed by atoms with Crippen molar-refractivity contribution in [2.24, 2.45) is 0 Å². The highest BCUT2D eigenvalue weighted by molar-refractivity contribution is 7.10. The van der Waals surface area contributed by atoms with Gasteiger partial charge in [-0.15, -0.1) is 11.3 Å². The molecule has 1 aromatic heterocycles. The minimum absolute atomic E-state index is 0.167. The lowest BCUT2D eigenvalue weighted by molar-refractivity contribution is -0.0384. The number of ether oxygens (including phenoxy) is 1. The Morgan fingerprint density at radius 2 is 2.12 bits per heavy atom. The lowest BCUT2D eigenvalue weighted by Gasteiger charge is -2.35. The van der Waals surface area contributed by atoms with Gasteiger partial charge in [-0.25, -0.2) is 0 Å². The third-order valence-corrected chi connectivity index (χ3v) is 4.06. The van der Waals surface area contributed by atoms with E-state index >= 15 is 0 Å². The van der Waals surface area contributed by atoms with Crippen molar-refractivity contribution >= 4 is 11.3 Å². The highest BCUT2D eigenvalue weighted by Gasteiger charge is 2.32. The second-order valence-corrected chi connectivity index (χ2v) is 5.84. The first-order chi connectivity index (χ1) is 8.03. The summed E-state index contributed by atoms with van der Waals surface area (Å²) in [6, 6.07) is 2.46. The first-order valence-corrected chi connectivity index (χ1v) is 7.32. The second-order valence-electron chi connectivity index (χ2n) is 4.89. The van der Waals surface area contributed by atoms with E-state index in [1.54, 1.807) is 0 Å². The molecular formula is C14H25NOS. The van der Waals surface area contributed by atoms with Crippen molar-refractivity contribution in [2.75, 3.05) is 13.2 Å². The van der Waals surface area contributed by atoms with Gasteiger partial charge in [-0.2, -0.15) is 0 Å². The maximum Gasteiger partial charge on any atom is 0.0828 e. The first-order valence-electron chi connectivity index (χ1n) is 6.44. The fourth-order valence-corrected chi connectivity index (χ4v) is 3.25. The van der Waals surface area contributed by atoms with E-state index < -0.39 is 0 Å². The number of thiophene rings is 1. The van der Waals surface area contributed by atoms with E-state index in [9.17, 15) is 0 Å². The molecule has 1 aromatic rings. The van der Waals surface area contributed by atoms with Crippen LogP contribution in [0.5, 0.6) is 0 Å². The highest BCUT2D eigenvalue weighted by Crippen LogP contribution is 2.34. The van der Waals surface area contributed by atoms with Crippen molar-refractivity contribution in [1.82, 2.24) is 5.32 Å². The summed E-state index contributed by atoms with van der Waals surface area (Å²) >= 11 is 1.82. The van der Waals surface area contributed by atoms with Gasteiger partial charge in [0.05, 0.1) is 11.6 Å². The average molecular weight is 255 g/mol. The zero-order valence-electron chi connectivity index (χ0n) is 11.7. The van der Waals surface area contributed by atoms with Gasteiger partial charge in [0.2, 0.25) is 0 Å². The van der Waals surface area contributed by atoms with Crippen molar-refractivity contribution in [1.29, 1.82) is 0 Å². The molecule has 0 saturated carbocycles. The quantitative estimate of drug-likeness (QED) is 0.797. The summed E-state index contributed by atoms with van der Waals surface area (Å²) in [7, 11) is 0. The molecule has 0 aliphatic carbocycles. The van der Waals surface area contributed by atoms with E-state index in [4.69, 9.17) is 4.74 Å². The largest absolute Gasteiger partial charge is 0.374 e. The smallest absolute Gasteiger partial charge is 0.0828 e. The zero-order chi connectivity index (χ0) is 12.9. The summed E-state index contributed by atoms with van der Waals surface area (Å²) in [6.45, 7) is 12.5. The monoisotopic (exact) mass is 255 g/mol. The van der Waals surface area contributed by atoms with E-state index in [0.29, 0.717) is 0 Å². The summed E-state index contributed by atoms with van der Waals surface area (Å²) in [5.41, 5.74) is 1.19. The van der Waals surface area contributed by atoms with Crippen LogP contribution in [0.25, 0.3) is 0 Å². The molecule has 1 unspecified atom stereocenters. The molecule has 0 aliphatic rings. The van der Waals surface area contributed by atoms with Gasteiger partial charge in [0.1, 0.15) is 0 Å². The van der Waals surface area contributed by atoms with Gasteiger partial charge in [0.25, 0.3) is 0 Å². The van der Waals surface area contributed by atoms with Gasteiger partial charge in [-0.05, 0) is 57.7 Å². The van der Waals surface area contributed by atoms with E-state index in [-0.39, 0.29) is 11.6 Å². The summed E-state index contributed by atoms with van der Waals surface area (Å²) in [4.78, 5) is 1.40. The predicted octanol–water partition coefficient (Wildman–Crippen LogP) is 3.91. The predicted molar refractivity (Wildman–Crippen MR) is 75.8 cm³/mol. The molecule has 0 spiro atoms. The van der Waals surface area contributed by atoms with Crippen molar-refractivity contribution in [3.8, 4) is 0 Å². The molecule has 17 heavy (non-hydrogen) atoms. The third kappa shape index (κ3) is 3.80. The SMILES string of the molecule is CCCNC(c1sccc1C)C(C)(C)OCC. The van der Waals surface area contributed by atoms with Crippen LogP contribution in [-0.2, 0) is 4.74 Å². The van der Waals surface area contributed by atoms with Crippen LogP contribution < -0.4 is 5.32 Å². The number of hydrogen-bond donors (Lipinski definition) is 1. The van der Waals surface area contributed by atoms with Crippen molar-refractivity contribution < 1.29 is 4.74 Å². The summed E-state index contributed by atoms with van der Waals surface area (Å²) < 4.78 is 5.91. The Kier molecular flexibility index (Phi) is 5.63. The van der Waals surface area contributed by atoms with Crippen molar-refractivity contribution in [2.45, 2.75) is 52.7 Å². The maximum absolute atomic E-state index is 5.91. The molecule has 1 N–H and O–H groups in total. The minimum atomic E-state index is -0.167. The molecule has 3 heteroatoms. The Hall–Kier alpha value is -0.380. The molecule has 1 heterocycles. The lowest BCUT2D eigenvalue weighted by Crippen LogP contribution is -2.41. The Labute approximate surface area is 109 Å². The van der Waals surface area contributed by atoms with Gasteiger partial charge >= 0.3 is 0 Å². The number of aryl methyl sites for hydroxylation is 1.